The molecule has 1 aromatic carbocycles. The predicted octanol–water partition coefficient (Wildman–Crippen LogP) is 2.03. The number of nitro benzene ring substituents is 1. The van der Waals surface area contributed by atoms with Crippen LogP contribution in [0.4, 0.5) is 5.69 Å². The van der Waals surface area contributed by atoms with Gasteiger partial charge in [0.25, 0.3) is 5.69 Å². The molecule has 21 heavy (non-hydrogen) atoms. The number of ether oxygens (including phenoxy) is 1. The highest BCUT2D eigenvalue weighted by molar-refractivity contribution is 5.33. The smallest absolute Gasteiger partial charge is 0.269 e. The van der Waals surface area contributed by atoms with Gasteiger partial charge in [0, 0.05) is 31.8 Å². The van der Waals surface area contributed by atoms with Gasteiger partial charge in [0.15, 0.2) is 0 Å². The first-order chi connectivity index (χ1) is 10.1. The van der Waals surface area contributed by atoms with Crippen molar-refractivity contribution in [2.75, 3.05) is 19.7 Å². The van der Waals surface area contributed by atoms with Gasteiger partial charge in [0.05, 0.1) is 17.1 Å². The molecule has 6 nitrogen and oxygen atoms in total. The third kappa shape index (κ3) is 4.23. The van der Waals surface area contributed by atoms with Crippen LogP contribution >= 0.6 is 0 Å². The molecule has 116 valence electrons. The second-order valence-corrected chi connectivity index (χ2v) is 5.39. The van der Waals surface area contributed by atoms with Crippen LogP contribution in [-0.4, -0.2) is 35.8 Å². The molecule has 0 aromatic heterocycles. The Balaban J connectivity index is 1.78. The van der Waals surface area contributed by atoms with Crippen molar-refractivity contribution in [1.82, 2.24) is 5.32 Å². The van der Waals surface area contributed by atoms with Crippen LogP contribution in [0.1, 0.15) is 31.4 Å². The number of aliphatic hydroxyl groups excluding tert-OH is 1. The van der Waals surface area contributed by atoms with Crippen LogP contribution in [0.3, 0.4) is 0 Å². The van der Waals surface area contributed by atoms with Crippen molar-refractivity contribution in [3.63, 3.8) is 0 Å². The molecule has 6 heteroatoms. The van der Waals surface area contributed by atoms with Crippen molar-refractivity contribution in [2.45, 2.75) is 32.0 Å². The van der Waals surface area contributed by atoms with E-state index in [1.165, 1.54) is 12.1 Å². The van der Waals surface area contributed by atoms with Gasteiger partial charge in [0.2, 0.25) is 0 Å². The van der Waals surface area contributed by atoms with E-state index < -0.39 is 11.0 Å². The normalized spacial score (nSPS) is 23.1. The zero-order valence-electron chi connectivity index (χ0n) is 12.2. The van der Waals surface area contributed by atoms with Gasteiger partial charge in [-0.3, -0.25) is 10.1 Å². The first-order valence-corrected chi connectivity index (χ1v) is 7.36. The zero-order chi connectivity index (χ0) is 15.2. The van der Waals surface area contributed by atoms with Crippen molar-refractivity contribution >= 4 is 5.69 Å². The molecule has 1 saturated heterocycles. The predicted molar refractivity (Wildman–Crippen MR) is 79.1 cm³/mol. The molecule has 0 aliphatic carbocycles. The number of hydrogen-bond acceptors (Lipinski definition) is 5. The van der Waals surface area contributed by atoms with Crippen LogP contribution in [0.15, 0.2) is 24.3 Å². The zero-order valence-corrected chi connectivity index (χ0v) is 12.2. The van der Waals surface area contributed by atoms with E-state index in [1.54, 1.807) is 12.1 Å². The van der Waals surface area contributed by atoms with E-state index >= 15 is 0 Å². The fraction of sp³-hybridized carbons (Fsp3) is 0.600. The third-order valence-electron chi connectivity index (χ3n) is 3.98. The van der Waals surface area contributed by atoms with E-state index in [1.807, 2.05) is 0 Å². The lowest BCUT2D eigenvalue weighted by Gasteiger charge is -2.19. The lowest BCUT2D eigenvalue weighted by Crippen LogP contribution is -2.31. The van der Waals surface area contributed by atoms with Crippen molar-refractivity contribution in [3.05, 3.63) is 39.9 Å². The number of nitrogens with one attached hydrogen (secondary N) is 1. The summed E-state index contributed by atoms with van der Waals surface area (Å²) in [4.78, 5) is 10.1. The topological polar surface area (TPSA) is 84.6 Å². The Morgan fingerprint density at radius 3 is 2.81 bits per heavy atom. The maximum absolute atomic E-state index is 10.6. The van der Waals surface area contributed by atoms with E-state index in [9.17, 15) is 15.2 Å². The van der Waals surface area contributed by atoms with Crippen LogP contribution in [0, 0.1) is 16.0 Å². The molecule has 0 saturated carbocycles. The van der Waals surface area contributed by atoms with Gasteiger partial charge in [-0.05, 0) is 36.5 Å². The molecule has 1 fully saturated rings. The molecule has 0 spiro atoms. The molecule has 0 amide bonds. The molecule has 1 aliphatic rings. The number of hydrogen-bond donors (Lipinski definition) is 2. The summed E-state index contributed by atoms with van der Waals surface area (Å²) in [5.74, 6) is 0.499. The summed E-state index contributed by atoms with van der Waals surface area (Å²) in [5, 5.41) is 23.9. The average molecular weight is 294 g/mol. The molecule has 1 aliphatic heterocycles. The molecule has 3 atom stereocenters. The summed E-state index contributed by atoms with van der Waals surface area (Å²) in [6, 6.07) is 6.02. The van der Waals surface area contributed by atoms with E-state index in [2.05, 4.69) is 12.2 Å². The highest BCUT2D eigenvalue weighted by Gasteiger charge is 2.26. The van der Waals surface area contributed by atoms with Crippen molar-refractivity contribution in [2.24, 2.45) is 5.92 Å². The highest BCUT2D eigenvalue weighted by atomic mass is 16.6. The fourth-order valence-corrected chi connectivity index (χ4v) is 2.72. The SMILES string of the molecule is CCC1OCCC1CNCC(O)c1ccc([N+](=O)[O-])cc1. The van der Waals surface area contributed by atoms with Crippen LogP contribution in [0.2, 0.25) is 0 Å². The molecular weight excluding hydrogens is 272 g/mol. The summed E-state index contributed by atoms with van der Waals surface area (Å²) in [7, 11) is 0. The second-order valence-electron chi connectivity index (χ2n) is 5.39. The molecular formula is C15H22N2O4. The Labute approximate surface area is 124 Å². The maximum Gasteiger partial charge on any atom is 0.269 e. The van der Waals surface area contributed by atoms with Crippen LogP contribution in [-0.2, 0) is 4.74 Å². The lowest BCUT2D eigenvalue weighted by molar-refractivity contribution is -0.384. The van der Waals surface area contributed by atoms with Gasteiger partial charge in [-0.2, -0.15) is 0 Å². The Bertz CT molecular complexity index is 463. The minimum Gasteiger partial charge on any atom is -0.387 e. The molecule has 0 radical (unpaired) electrons. The van der Waals surface area contributed by atoms with Gasteiger partial charge in [0.1, 0.15) is 0 Å². The van der Waals surface area contributed by atoms with Gasteiger partial charge in [-0.1, -0.05) is 6.92 Å². The van der Waals surface area contributed by atoms with Crippen LogP contribution in [0.5, 0.6) is 0 Å². The Morgan fingerprint density at radius 2 is 2.19 bits per heavy atom. The van der Waals surface area contributed by atoms with E-state index in [0.29, 0.717) is 24.1 Å². The van der Waals surface area contributed by atoms with E-state index in [-0.39, 0.29) is 5.69 Å². The summed E-state index contributed by atoms with van der Waals surface area (Å²) in [6.45, 7) is 4.19. The second kappa shape index (κ2) is 7.49. The molecule has 2 rings (SSSR count). The van der Waals surface area contributed by atoms with E-state index in [0.717, 1.165) is 26.0 Å². The van der Waals surface area contributed by atoms with Gasteiger partial charge in [-0.25, -0.2) is 0 Å². The largest absolute Gasteiger partial charge is 0.387 e. The van der Waals surface area contributed by atoms with Crippen molar-refractivity contribution < 1.29 is 14.8 Å². The minimum atomic E-state index is -0.659. The maximum atomic E-state index is 10.6. The number of aliphatic hydroxyl groups is 1. The molecule has 1 aromatic rings. The Morgan fingerprint density at radius 1 is 1.48 bits per heavy atom. The number of non-ortho nitro benzene ring substituents is 1. The van der Waals surface area contributed by atoms with E-state index in [4.69, 9.17) is 4.74 Å². The molecule has 2 N–H and O–H groups in total. The average Bonchev–Trinajstić information content (AvgIpc) is 2.94. The number of nitrogens with zero attached hydrogens (tertiary/aromatic N) is 1. The molecule has 0 bridgehead atoms. The van der Waals surface area contributed by atoms with Gasteiger partial charge >= 0.3 is 0 Å². The van der Waals surface area contributed by atoms with Crippen LogP contribution in [0.25, 0.3) is 0 Å². The first kappa shape index (κ1) is 15.9. The van der Waals surface area contributed by atoms with Gasteiger partial charge in [-0.15, -0.1) is 0 Å². The Kier molecular flexibility index (Phi) is 5.67. The number of rotatable bonds is 7. The quantitative estimate of drug-likeness (QED) is 0.594. The summed E-state index contributed by atoms with van der Waals surface area (Å²) < 4.78 is 5.63. The highest BCUT2D eigenvalue weighted by Crippen LogP contribution is 2.23. The first-order valence-electron chi connectivity index (χ1n) is 7.36. The monoisotopic (exact) mass is 294 g/mol. The standard InChI is InChI=1S/C15H22N2O4/c1-2-15-12(7-8-21-15)9-16-10-14(18)11-3-5-13(6-4-11)17(19)20/h3-6,12,14-16,18H,2,7-10H2,1H3. The van der Waals surface area contributed by atoms with Crippen LogP contribution < -0.4 is 5.32 Å². The lowest BCUT2D eigenvalue weighted by atomic mass is 9.99. The van der Waals surface area contributed by atoms with Gasteiger partial charge < -0.3 is 15.2 Å². The summed E-state index contributed by atoms with van der Waals surface area (Å²) in [6.07, 6.45) is 1.72. The Hall–Kier alpha value is -1.50. The van der Waals surface area contributed by atoms with Crippen molar-refractivity contribution in [3.8, 4) is 0 Å². The third-order valence-corrected chi connectivity index (χ3v) is 3.98. The molecule has 1 heterocycles. The number of nitro groups is 1. The summed E-state index contributed by atoms with van der Waals surface area (Å²) >= 11 is 0. The number of benzene rings is 1. The fourth-order valence-electron chi connectivity index (χ4n) is 2.72. The molecule has 3 unspecified atom stereocenters. The summed E-state index contributed by atoms with van der Waals surface area (Å²) in [5.41, 5.74) is 0.718. The minimum absolute atomic E-state index is 0.0350. The van der Waals surface area contributed by atoms with Crippen molar-refractivity contribution in [1.29, 1.82) is 0 Å².